The number of nitrogens with zero attached hydrogens (tertiary/aromatic N) is 1. The SMILES string of the molecule is CCCNCC(C)N(C)c1cc(F)cc(CC(CC)CC)c1. The lowest BCUT2D eigenvalue weighted by molar-refractivity contribution is 0.488. The van der Waals surface area contributed by atoms with Gasteiger partial charge in [0.25, 0.3) is 0 Å². The van der Waals surface area contributed by atoms with Gasteiger partial charge < -0.3 is 10.2 Å². The van der Waals surface area contributed by atoms with Crippen LogP contribution in [0.15, 0.2) is 18.2 Å². The zero-order chi connectivity index (χ0) is 16.5. The van der Waals surface area contributed by atoms with Gasteiger partial charge in [-0.25, -0.2) is 4.39 Å². The Morgan fingerprint density at radius 2 is 1.82 bits per heavy atom. The fraction of sp³-hybridized carbons (Fsp3) is 0.684. The van der Waals surface area contributed by atoms with Gasteiger partial charge in [0.2, 0.25) is 0 Å². The third-order valence-electron chi connectivity index (χ3n) is 4.56. The van der Waals surface area contributed by atoms with Crippen molar-refractivity contribution in [2.75, 3.05) is 25.0 Å². The highest BCUT2D eigenvalue weighted by Gasteiger charge is 2.13. The van der Waals surface area contributed by atoms with Gasteiger partial charge in [0.15, 0.2) is 0 Å². The second-order valence-corrected chi connectivity index (χ2v) is 6.37. The van der Waals surface area contributed by atoms with Crippen molar-refractivity contribution in [3.8, 4) is 0 Å². The third kappa shape index (κ3) is 5.96. The lowest BCUT2D eigenvalue weighted by atomic mass is 9.94. The van der Waals surface area contributed by atoms with Crippen LogP contribution in [0.5, 0.6) is 0 Å². The van der Waals surface area contributed by atoms with Gasteiger partial charge in [-0.2, -0.15) is 0 Å². The summed E-state index contributed by atoms with van der Waals surface area (Å²) in [5, 5.41) is 3.43. The van der Waals surface area contributed by atoms with Crippen molar-refractivity contribution in [2.45, 2.75) is 59.4 Å². The Kier molecular flexibility index (Phi) is 8.47. The van der Waals surface area contributed by atoms with Crippen LogP contribution >= 0.6 is 0 Å². The molecule has 0 bridgehead atoms. The molecule has 0 saturated carbocycles. The molecule has 0 aromatic heterocycles. The molecule has 0 aliphatic rings. The molecule has 1 N–H and O–H groups in total. The highest BCUT2D eigenvalue weighted by Crippen LogP contribution is 2.23. The van der Waals surface area contributed by atoms with E-state index in [1.165, 1.54) is 0 Å². The Balaban J connectivity index is 2.78. The van der Waals surface area contributed by atoms with Crippen LogP contribution in [0.25, 0.3) is 0 Å². The molecule has 3 heteroatoms. The minimum Gasteiger partial charge on any atom is -0.371 e. The molecule has 126 valence electrons. The molecule has 1 aromatic carbocycles. The van der Waals surface area contributed by atoms with Gasteiger partial charge in [0.05, 0.1) is 0 Å². The Labute approximate surface area is 136 Å². The van der Waals surface area contributed by atoms with Gasteiger partial charge in [0.1, 0.15) is 5.82 Å². The van der Waals surface area contributed by atoms with E-state index < -0.39 is 0 Å². The van der Waals surface area contributed by atoms with Crippen molar-refractivity contribution in [1.29, 1.82) is 0 Å². The second-order valence-electron chi connectivity index (χ2n) is 6.37. The zero-order valence-corrected chi connectivity index (χ0v) is 15.0. The van der Waals surface area contributed by atoms with E-state index in [4.69, 9.17) is 0 Å². The maximum Gasteiger partial charge on any atom is 0.125 e. The largest absolute Gasteiger partial charge is 0.371 e. The zero-order valence-electron chi connectivity index (χ0n) is 15.0. The van der Waals surface area contributed by atoms with E-state index >= 15 is 0 Å². The van der Waals surface area contributed by atoms with E-state index in [0.29, 0.717) is 12.0 Å². The van der Waals surface area contributed by atoms with Gasteiger partial charge >= 0.3 is 0 Å². The second kappa shape index (κ2) is 9.83. The molecule has 0 saturated heterocycles. The predicted octanol–water partition coefficient (Wildman–Crippen LogP) is 4.63. The van der Waals surface area contributed by atoms with Crippen molar-refractivity contribution in [3.63, 3.8) is 0 Å². The Morgan fingerprint density at radius 1 is 1.14 bits per heavy atom. The number of hydrogen-bond acceptors (Lipinski definition) is 2. The van der Waals surface area contributed by atoms with Crippen molar-refractivity contribution in [3.05, 3.63) is 29.6 Å². The van der Waals surface area contributed by atoms with Crippen molar-refractivity contribution in [2.24, 2.45) is 5.92 Å². The van der Waals surface area contributed by atoms with Crippen LogP contribution in [0.2, 0.25) is 0 Å². The number of hydrogen-bond donors (Lipinski definition) is 1. The first-order valence-electron chi connectivity index (χ1n) is 8.74. The number of nitrogens with one attached hydrogen (secondary N) is 1. The van der Waals surface area contributed by atoms with Gasteiger partial charge in [-0.3, -0.25) is 0 Å². The summed E-state index contributed by atoms with van der Waals surface area (Å²) in [4.78, 5) is 2.17. The predicted molar refractivity (Wildman–Crippen MR) is 95.2 cm³/mol. The average molecular weight is 308 g/mol. The highest BCUT2D eigenvalue weighted by atomic mass is 19.1. The summed E-state index contributed by atoms with van der Waals surface area (Å²) in [5.41, 5.74) is 2.09. The van der Waals surface area contributed by atoms with Crippen LogP contribution in [0.4, 0.5) is 10.1 Å². The number of rotatable bonds is 10. The summed E-state index contributed by atoms with van der Waals surface area (Å²) in [6.07, 6.45) is 4.40. The van der Waals surface area contributed by atoms with E-state index in [-0.39, 0.29) is 5.82 Å². The summed E-state index contributed by atoms with van der Waals surface area (Å²) >= 11 is 0. The van der Waals surface area contributed by atoms with Crippen LogP contribution < -0.4 is 10.2 Å². The van der Waals surface area contributed by atoms with Crippen LogP contribution in [0, 0.1) is 11.7 Å². The van der Waals surface area contributed by atoms with Crippen LogP contribution in [-0.4, -0.2) is 26.2 Å². The number of likely N-dealkylation sites (N-methyl/N-ethyl adjacent to an activating group) is 1. The van der Waals surface area contributed by atoms with Crippen LogP contribution in [0.1, 0.15) is 52.5 Å². The van der Waals surface area contributed by atoms with Crippen LogP contribution in [-0.2, 0) is 6.42 Å². The standard InChI is InChI=1S/C19H33FN2/c1-6-9-21-14-15(4)22(5)19-12-17(11-18(20)13-19)10-16(7-2)8-3/h11-13,15-16,21H,6-10,14H2,1-5H3. The molecular weight excluding hydrogens is 275 g/mol. The minimum atomic E-state index is -0.126. The molecule has 0 spiro atoms. The third-order valence-corrected chi connectivity index (χ3v) is 4.56. The van der Waals surface area contributed by atoms with Crippen molar-refractivity contribution in [1.82, 2.24) is 5.32 Å². The molecule has 1 aromatic rings. The normalized spacial score (nSPS) is 12.7. The summed E-state index contributed by atoms with van der Waals surface area (Å²) in [6.45, 7) is 10.7. The van der Waals surface area contributed by atoms with E-state index in [2.05, 4.69) is 44.0 Å². The topological polar surface area (TPSA) is 15.3 Å². The monoisotopic (exact) mass is 308 g/mol. The molecule has 0 radical (unpaired) electrons. The lowest BCUT2D eigenvalue weighted by Gasteiger charge is -2.28. The summed E-state index contributed by atoms with van der Waals surface area (Å²) in [7, 11) is 2.05. The first-order valence-corrected chi connectivity index (χ1v) is 8.74. The smallest absolute Gasteiger partial charge is 0.125 e. The molecule has 0 aliphatic carbocycles. The summed E-state index contributed by atoms with van der Waals surface area (Å²) in [5.74, 6) is 0.516. The number of halogens is 1. The van der Waals surface area contributed by atoms with E-state index in [1.54, 1.807) is 12.1 Å². The molecule has 0 aliphatic heterocycles. The number of anilines is 1. The minimum absolute atomic E-state index is 0.126. The summed E-state index contributed by atoms with van der Waals surface area (Å²) in [6, 6.07) is 5.83. The maximum absolute atomic E-state index is 14.0. The summed E-state index contributed by atoms with van der Waals surface area (Å²) < 4.78 is 14.0. The average Bonchev–Trinajstić information content (AvgIpc) is 2.51. The molecule has 1 atom stereocenters. The first-order chi connectivity index (χ1) is 10.5. The highest BCUT2D eigenvalue weighted by molar-refractivity contribution is 5.49. The van der Waals surface area contributed by atoms with Gasteiger partial charge in [-0.15, -0.1) is 0 Å². The fourth-order valence-electron chi connectivity index (χ4n) is 2.74. The molecule has 0 heterocycles. The molecular formula is C19H33FN2. The molecule has 2 nitrogen and oxygen atoms in total. The van der Waals surface area contributed by atoms with Crippen molar-refractivity contribution < 1.29 is 4.39 Å². The first kappa shape index (κ1) is 19.0. The Morgan fingerprint density at radius 3 is 2.41 bits per heavy atom. The lowest BCUT2D eigenvalue weighted by Crippen LogP contribution is -2.38. The van der Waals surface area contributed by atoms with Gasteiger partial charge in [-0.1, -0.05) is 33.6 Å². The van der Waals surface area contributed by atoms with Gasteiger partial charge in [-0.05, 0) is 56.0 Å². The maximum atomic E-state index is 14.0. The molecule has 1 rings (SSSR count). The van der Waals surface area contributed by atoms with Crippen molar-refractivity contribution >= 4 is 5.69 Å². The molecule has 0 amide bonds. The van der Waals surface area contributed by atoms with E-state index in [9.17, 15) is 4.39 Å². The van der Waals surface area contributed by atoms with E-state index in [1.807, 2.05) is 7.05 Å². The van der Waals surface area contributed by atoms with E-state index in [0.717, 1.165) is 50.0 Å². The quantitative estimate of drug-likeness (QED) is 0.634. The number of benzene rings is 1. The fourth-order valence-corrected chi connectivity index (χ4v) is 2.74. The van der Waals surface area contributed by atoms with Gasteiger partial charge in [0, 0.05) is 25.3 Å². The Bertz CT molecular complexity index is 429. The molecule has 22 heavy (non-hydrogen) atoms. The Hall–Kier alpha value is -1.09. The van der Waals surface area contributed by atoms with Crippen LogP contribution in [0.3, 0.4) is 0 Å². The molecule has 1 unspecified atom stereocenters. The molecule has 0 fully saturated rings.